The van der Waals surface area contributed by atoms with Crippen molar-refractivity contribution in [2.45, 2.75) is 12.8 Å². The van der Waals surface area contributed by atoms with Crippen LogP contribution in [0.3, 0.4) is 0 Å². The molecular weight excluding hydrogens is 152 g/mol. The van der Waals surface area contributed by atoms with E-state index in [1.54, 1.807) is 6.08 Å². The SMILES string of the molecule is C=CCCC(=C)C(=O)OCC=C. The summed E-state index contributed by atoms with van der Waals surface area (Å²) in [5, 5.41) is 0. The van der Waals surface area contributed by atoms with Gasteiger partial charge in [-0.25, -0.2) is 4.79 Å². The summed E-state index contributed by atoms with van der Waals surface area (Å²) in [5.41, 5.74) is 0.483. The maximum Gasteiger partial charge on any atom is 0.333 e. The molecule has 12 heavy (non-hydrogen) atoms. The molecule has 2 heteroatoms. The highest BCUT2D eigenvalue weighted by Gasteiger charge is 2.05. The van der Waals surface area contributed by atoms with E-state index in [1.165, 1.54) is 6.08 Å². The predicted molar refractivity (Wildman–Crippen MR) is 49.7 cm³/mol. The van der Waals surface area contributed by atoms with Gasteiger partial charge in [-0.1, -0.05) is 25.3 Å². The lowest BCUT2D eigenvalue weighted by molar-refractivity contribution is -0.137. The van der Waals surface area contributed by atoms with Gasteiger partial charge in [0.25, 0.3) is 0 Å². The zero-order valence-electron chi connectivity index (χ0n) is 7.21. The van der Waals surface area contributed by atoms with Crippen molar-refractivity contribution < 1.29 is 9.53 Å². The molecule has 0 N–H and O–H groups in total. The van der Waals surface area contributed by atoms with E-state index >= 15 is 0 Å². The number of carbonyl (C=O) groups is 1. The molecule has 0 bridgehead atoms. The second kappa shape index (κ2) is 6.40. The molecule has 0 fully saturated rings. The van der Waals surface area contributed by atoms with Crippen molar-refractivity contribution in [1.82, 2.24) is 0 Å². The van der Waals surface area contributed by atoms with Crippen LogP contribution >= 0.6 is 0 Å². The van der Waals surface area contributed by atoms with E-state index in [0.29, 0.717) is 12.0 Å². The molecule has 0 aromatic carbocycles. The van der Waals surface area contributed by atoms with Crippen molar-refractivity contribution in [3.05, 3.63) is 37.5 Å². The summed E-state index contributed by atoms with van der Waals surface area (Å²) in [7, 11) is 0. The molecule has 0 aromatic rings. The number of carbonyl (C=O) groups excluding carboxylic acids is 1. The monoisotopic (exact) mass is 166 g/mol. The van der Waals surface area contributed by atoms with Crippen molar-refractivity contribution in [3.8, 4) is 0 Å². The summed E-state index contributed by atoms with van der Waals surface area (Å²) in [4.78, 5) is 11.0. The third-order valence-corrected chi connectivity index (χ3v) is 1.27. The summed E-state index contributed by atoms with van der Waals surface area (Å²) in [6, 6.07) is 0. The smallest absolute Gasteiger partial charge is 0.333 e. The Bertz CT molecular complexity index is 170. The molecule has 0 spiro atoms. The van der Waals surface area contributed by atoms with E-state index in [0.717, 1.165) is 6.42 Å². The fourth-order valence-corrected chi connectivity index (χ4v) is 0.615. The number of rotatable bonds is 6. The first-order valence-electron chi connectivity index (χ1n) is 3.79. The topological polar surface area (TPSA) is 26.3 Å². The molecule has 66 valence electrons. The first-order valence-corrected chi connectivity index (χ1v) is 3.79. The zero-order valence-corrected chi connectivity index (χ0v) is 7.21. The first-order chi connectivity index (χ1) is 5.72. The van der Waals surface area contributed by atoms with Crippen molar-refractivity contribution >= 4 is 5.97 Å². The second-order valence-corrected chi connectivity index (χ2v) is 2.32. The standard InChI is InChI=1S/C10H14O2/c1-4-6-7-9(3)10(11)12-8-5-2/h4-5H,1-3,6-8H2. The fraction of sp³-hybridized carbons (Fsp3) is 0.300. The van der Waals surface area contributed by atoms with Crippen LogP contribution in [-0.4, -0.2) is 12.6 Å². The van der Waals surface area contributed by atoms with Crippen LogP contribution < -0.4 is 0 Å². The molecule has 0 aliphatic rings. The minimum absolute atomic E-state index is 0.242. The summed E-state index contributed by atoms with van der Waals surface area (Å²) in [6.45, 7) is 10.8. The van der Waals surface area contributed by atoms with Gasteiger partial charge in [-0.15, -0.1) is 6.58 Å². The Hall–Kier alpha value is -1.31. The summed E-state index contributed by atoms with van der Waals surface area (Å²) < 4.78 is 4.76. The third-order valence-electron chi connectivity index (χ3n) is 1.27. The van der Waals surface area contributed by atoms with Gasteiger partial charge in [0.05, 0.1) is 0 Å². The molecule has 0 aromatic heterocycles. The summed E-state index contributed by atoms with van der Waals surface area (Å²) in [6.07, 6.45) is 4.63. The second-order valence-electron chi connectivity index (χ2n) is 2.32. The molecule has 0 saturated heterocycles. The first kappa shape index (κ1) is 10.7. The lowest BCUT2D eigenvalue weighted by Gasteiger charge is -2.02. The van der Waals surface area contributed by atoms with E-state index in [4.69, 9.17) is 4.74 Å². The molecule has 0 radical (unpaired) electrons. The van der Waals surface area contributed by atoms with Crippen LogP contribution in [-0.2, 0) is 9.53 Å². The van der Waals surface area contributed by atoms with Gasteiger partial charge in [0.15, 0.2) is 0 Å². The highest BCUT2D eigenvalue weighted by atomic mass is 16.5. The molecule has 0 atom stereocenters. The number of allylic oxidation sites excluding steroid dienone is 1. The predicted octanol–water partition coefficient (Wildman–Crippen LogP) is 2.24. The minimum Gasteiger partial charge on any atom is -0.458 e. The van der Waals surface area contributed by atoms with Crippen molar-refractivity contribution in [1.29, 1.82) is 0 Å². The number of esters is 1. The lowest BCUT2D eigenvalue weighted by atomic mass is 10.2. The summed E-state index contributed by atoms with van der Waals surface area (Å²) in [5.74, 6) is -0.350. The van der Waals surface area contributed by atoms with Gasteiger partial charge in [0.1, 0.15) is 6.61 Å². The zero-order chi connectivity index (χ0) is 9.40. The highest BCUT2D eigenvalue weighted by Crippen LogP contribution is 2.04. The van der Waals surface area contributed by atoms with E-state index in [9.17, 15) is 4.79 Å². The molecule has 0 saturated carbocycles. The van der Waals surface area contributed by atoms with Gasteiger partial charge < -0.3 is 4.74 Å². The average Bonchev–Trinajstić information content (AvgIpc) is 2.10. The Morgan fingerprint density at radius 2 is 2.00 bits per heavy atom. The minimum atomic E-state index is -0.350. The lowest BCUT2D eigenvalue weighted by Crippen LogP contribution is -2.06. The van der Waals surface area contributed by atoms with Gasteiger partial charge in [0, 0.05) is 5.57 Å². The molecular formula is C10H14O2. The van der Waals surface area contributed by atoms with Crippen LogP contribution in [0, 0.1) is 0 Å². The molecule has 0 amide bonds. The van der Waals surface area contributed by atoms with Gasteiger partial charge in [-0.05, 0) is 12.8 Å². The van der Waals surface area contributed by atoms with Crippen LogP contribution in [0.5, 0.6) is 0 Å². The van der Waals surface area contributed by atoms with Crippen molar-refractivity contribution in [3.63, 3.8) is 0 Å². The average molecular weight is 166 g/mol. The fourth-order valence-electron chi connectivity index (χ4n) is 0.615. The van der Waals surface area contributed by atoms with E-state index in [2.05, 4.69) is 19.7 Å². The Morgan fingerprint density at radius 1 is 1.33 bits per heavy atom. The van der Waals surface area contributed by atoms with Crippen LogP contribution in [0.4, 0.5) is 0 Å². The normalized spacial score (nSPS) is 8.67. The van der Waals surface area contributed by atoms with Crippen LogP contribution in [0.15, 0.2) is 37.5 Å². The molecule has 2 nitrogen and oxygen atoms in total. The third kappa shape index (κ3) is 4.50. The molecule has 0 aliphatic heterocycles. The summed E-state index contributed by atoms with van der Waals surface area (Å²) >= 11 is 0. The van der Waals surface area contributed by atoms with Crippen LogP contribution in [0.25, 0.3) is 0 Å². The quantitative estimate of drug-likeness (QED) is 0.343. The van der Waals surface area contributed by atoms with E-state index < -0.39 is 0 Å². The molecule has 0 rings (SSSR count). The van der Waals surface area contributed by atoms with Crippen LogP contribution in [0.2, 0.25) is 0 Å². The Morgan fingerprint density at radius 3 is 2.50 bits per heavy atom. The highest BCUT2D eigenvalue weighted by molar-refractivity contribution is 5.87. The maximum atomic E-state index is 11.0. The van der Waals surface area contributed by atoms with Gasteiger partial charge >= 0.3 is 5.97 Å². The van der Waals surface area contributed by atoms with Crippen LogP contribution in [0.1, 0.15) is 12.8 Å². The van der Waals surface area contributed by atoms with Gasteiger partial charge in [-0.3, -0.25) is 0 Å². The Labute approximate surface area is 73.2 Å². The van der Waals surface area contributed by atoms with Gasteiger partial charge in [0.2, 0.25) is 0 Å². The van der Waals surface area contributed by atoms with E-state index in [-0.39, 0.29) is 12.6 Å². The molecule has 0 aliphatic carbocycles. The van der Waals surface area contributed by atoms with E-state index in [1.807, 2.05) is 0 Å². The number of hydrogen-bond donors (Lipinski definition) is 0. The number of hydrogen-bond acceptors (Lipinski definition) is 2. The molecule has 0 unspecified atom stereocenters. The Balaban J connectivity index is 3.68. The van der Waals surface area contributed by atoms with Gasteiger partial charge in [-0.2, -0.15) is 0 Å². The largest absolute Gasteiger partial charge is 0.458 e. The maximum absolute atomic E-state index is 11.0. The number of ether oxygens (including phenoxy) is 1. The van der Waals surface area contributed by atoms with Crippen molar-refractivity contribution in [2.75, 3.05) is 6.61 Å². The Kier molecular flexibility index (Phi) is 5.70. The molecule has 0 heterocycles. The van der Waals surface area contributed by atoms with Crippen molar-refractivity contribution in [2.24, 2.45) is 0 Å².